The molecule has 0 unspecified atom stereocenters. The van der Waals surface area contributed by atoms with Crippen LogP contribution in [0.4, 0.5) is 0 Å². The Morgan fingerprint density at radius 2 is 1.95 bits per heavy atom. The highest BCUT2D eigenvalue weighted by Gasteiger charge is 2.10. The first-order valence-corrected chi connectivity index (χ1v) is 7.30. The maximum Gasteiger partial charge on any atom is 0.255 e. The third-order valence-electron chi connectivity index (χ3n) is 3.08. The average Bonchev–Trinajstić information content (AvgIpc) is 2.54. The Hall–Kier alpha value is -2.20. The second-order valence-corrected chi connectivity index (χ2v) is 5.15. The average molecular weight is 320 g/mol. The van der Waals surface area contributed by atoms with Crippen molar-refractivity contribution in [1.82, 2.24) is 5.32 Å². The standard InChI is InChI=1S/C17H18ClNO3/c1-12-7-8-14(18)16(11-12)22-10-9-19-17(20)13-5-3-4-6-15(13)21-2/h3-8,11H,9-10H2,1-2H3,(H,19,20). The van der Waals surface area contributed by atoms with Gasteiger partial charge in [0.15, 0.2) is 0 Å². The fourth-order valence-electron chi connectivity index (χ4n) is 1.97. The molecule has 2 aromatic carbocycles. The van der Waals surface area contributed by atoms with Crippen molar-refractivity contribution >= 4 is 17.5 Å². The van der Waals surface area contributed by atoms with Crippen molar-refractivity contribution < 1.29 is 14.3 Å². The zero-order valence-corrected chi connectivity index (χ0v) is 13.3. The van der Waals surface area contributed by atoms with Crippen LogP contribution in [0.1, 0.15) is 15.9 Å². The number of halogens is 1. The molecular weight excluding hydrogens is 302 g/mol. The third kappa shape index (κ3) is 4.15. The zero-order valence-electron chi connectivity index (χ0n) is 12.6. The molecule has 0 radical (unpaired) electrons. The number of rotatable bonds is 6. The molecular formula is C17H18ClNO3. The maximum atomic E-state index is 12.1. The number of methoxy groups -OCH3 is 1. The van der Waals surface area contributed by atoms with E-state index in [1.807, 2.05) is 25.1 Å². The highest BCUT2D eigenvalue weighted by molar-refractivity contribution is 6.32. The molecule has 2 aromatic rings. The first-order valence-electron chi connectivity index (χ1n) is 6.92. The van der Waals surface area contributed by atoms with Gasteiger partial charge in [-0.15, -0.1) is 0 Å². The number of carbonyl (C=O) groups excluding carboxylic acids is 1. The number of nitrogens with one attached hydrogen (secondary N) is 1. The van der Waals surface area contributed by atoms with Crippen LogP contribution in [0, 0.1) is 6.92 Å². The van der Waals surface area contributed by atoms with Gasteiger partial charge in [0.2, 0.25) is 0 Å². The smallest absolute Gasteiger partial charge is 0.255 e. The molecule has 0 fully saturated rings. The Balaban J connectivity index is 1.86. The van der Waals surface area contributed by atoms with Crippen LogP contribution in [0.25, 0.3) is 0 Å². The molecule has 0 spiro atoms. The van der Waals surface area contributed by atoms with E-state index in [1.165, 1.54) is 7.11 Å². The van der Waals surface area contributed by atoms with Crippen LogP contribution < -0.4 is 14.8 Å². The number of hydrogen-bond acceptors (Lipinski definition) is 3. The normalized spacial score (nSPS) is 10.1. The lowest BCUT2D eigenvalue weighted by atomic mass is 10.2. The lowest BCUT2D eigenvalue weighted by Crippen LogP contribution is -2.28. The lowest BCUT2D eigenvalue weighted by Gasteiger charge is -2.11. The van der Waals surface area contributed by atoms with E-state index in [1.54, 1.807) is 24.3 Å². The van der Waals surface area contributed by atoms with Gasteiger partial charge in [0.25, 0.3) is 5.91 Å². The molecule has 22 heavy (non-hydrogen) atoms. The van der Waals surface area contributed by atoms with Crippen molar-refractivity contribution in [2.24, 2.45) is 0 Å². The van der Waals surface area contributed by atoms with Crippen LogP contribution >= 0.6 is 11.6 Å². The number of carbonyl (C=O) groups is 1. The summed E-state index contributed by atoms with van der Waals surface area (Å²) in [5.41, 5.74) is 1.57. The Morgan fingerprint density at radius 3 is 2.73 bits per heavy atom. The topological polar surface area (TPSA) is 47.6 Å². The van der Waals surface area contributed by atoms with Crippen LogP contribution in [0.15, 0.2) is 42.5 Å². The van der Waals surface area contributed by atoms with Crippen molar-refractivity contribution in [2.75, 3.05) is 20.3 Å². The minimum absolute atomic E-state index is 0.198. The van der Waals surface area contributed by atoms with Crippen LogP contribution in [-0.4, -0.2) is 26.2 Å². The third-order valence-corrected chi connectivity index (χ3v) is 3.40. The summed E-state index contributed by atoms with van der Waals surface area (Å²) < 4.78 is 10.7. The molecule has 0 aliphatic rings. The van der Waals surface area contributed by atoms with Gasteiger partial charge < -0.3 is 14.8 Å². The molecule has 0 heterocycles. The van der Waals surface area contributed by atoms with E-state index in [4.69, 9.17) is 21.1 Å². The summed E-state index contributed by atoms with van der Waals surface area (Å²) in [7, 11) is 1.54. The first-order chi connectivity index (χ1) is 10.6. The van der Waals surface area contributed by atoms with E-state index in [-0.39, 0.29) is 5.91 Å². The zero-order chi connectivity index (χ0) is 15.9. The predicted molar refractivity (Wildman–Crippen MR) is 87.0 cm³/mol. The summed E-state index contributed by atoms with van der Waals surface area (Å²) in [6, 6.07) is 12.6. The first kappa shape index (κ1) is 16.2. The van der Waals surface area contributed by atoms with E-state index in [0.717, 1.165) is 5.56 Å². The van der Waals surface area contributed by atoms with Crippen molar-refractivity contribution in [3.63, 3.8) is 0 Å². The second kappa shape index (κ2) is 7.71. The maximum absolute atomic E-state index is 12.1. The van der Waals surface area contributed by atoms with Gasteiger partial charge >= 0.3 is 0 Å². The molecule has 0 atom stereocenters. The van der Waals surface area contributed by atoms with E-state index < -0.39 is 0 Å². The Morgan fingerprint density at radius 1 is 1.18 bits per heavy atom. The lowest BCUT2D eigenvalue weighted by molar-refractivity contribution is 0.0944. The van der Waals surface area contributed by atoms with Gasteiger partial charge in [0.05, 0.1) is 24.2 Å². The van der Waals surface area contributed by atoms with E-state index in [2.05, 4.69) is 5.32 Å². The van der Waals surface area contributed by atoms with Crippen molar-refractivity contribution in [2.45, 2.75) is 6.92 Å². The van der Waals surface area contributed by atoms with Crippen molar-refractivity contribution in [3.8, 4) is 11.5 Å². The molecule has 4 nitrogen and oxygen atoms in total. The van der Waals surface area contributed by atoms with Gasteiger partial charge in [-0.25, -0.2) is 0 Å². The monoisotopic (exact) mass is 319 g/mol. The molecule has 0 saturated carbocycles. The van der Waals surface area contributed by atoms with Crippen molar-refractivity contribution in [3.05, 3.63) is 58.6 Å². The Bertz CT molecular complexity index is 658. The Kier molecular flexibility index (Phi) is 5.67. The fourth-order valence-corrected chi connectivity index (χ4v) is 2.15. The van der Waals surface area contributed by atoms with Crippen LogP contribution in [0.3, 0.4) is 0 Å². The summed E-state index contributed by atoms with van der Waals surface area (Å²) >= 11 is 6.04. The van der Waals surface area contributed by atoms with Gasteiger partial charge in [0.1, 0.15) is 18.1 Å². The molecule has 0 saturated heterocycles. The van der Waals surface area contributed by atoms with Gasteiger partial charge in [-0.1, -0.05) is 29.8 Å². The molecule has 0 aliphatic carbocycles. The van der Waals surface area contributed by atoms with Crippen LogP contribution in [0.5, 0.6) is 11.5 Å². The van der Waals surface area contributed by atoms with E-state index in [0.29, 0.717) is 35.2 Å². The number of hydrogen-bond donors (Lipinski definition) is 1. The molecule has 1 amide bonds. The number of ether oxygens (including phenoxy) is 2. The molecule has 0 aliphatic heterocycles. The van der Waals surface area contributed by atoms with Gasteiger partial charge in [-0.3, -0.25) is 4.79 Å². The highest BCUT2D eigenvalue weighted by Crippen LogP contribution is 2.25. The second-order valence-electron chi connectivity index (χ2n) is 4.74. The fraction of sp³-hybridized carbons (Fsp3) is 0.235. The van der Waals surface area contributed by atoms with Gasteiger partial charge in [-0.05, 0) is 36.8 Å². The molecule has 116 valence electrons. The number of benzene rings is 2. The molecule has 1 N–H and O–H groups in total. The summed E-state index contributed by atoms with van der Waals surface area (Å²) in [4.78, 5) is 12.1. The summed E-state index contributed by atoms with van der Waals surface area (Å²) in [6.07, 6.45) is 0. The van der Waals surface area contributed by atoms with Crippen LogP contribution in [0.2, 0.25) is 5.02 Å². The predicted octanol–water partition coefficient (Wildman–Crippen LogP) is 3.47. The minimum Gasteiger partial charge on any atom is -0.496 e. The summed E-state index contributed by atoms with van der Waals surface area (Å²) in [6.45, 7) is 2.68. The van der Waals surface area contributed by atoms with Gasteiger partial charge in [0, 0.05) is 0 Å². The largest absolute Gasteiger partial charge is 0.496 e. The summed E-state index contributed by atoms with van der Waals surface area (Å²) in [5.74, 6) is 0.965. The minimum atomic E-state index is -0.198. The van der Waals surface area contributed by atoms with Crippen molar-refractivity contribution in [1.29, 1.82) is 0 Å². The molecule has 0 bridgehead atoms. The SMILES string of the molecule is COc1ccccc1C(=O)NCCOc1cc(C)ccc1Cl. The van der Waals surface area contributed by atoms with Crippen LogP contribution in [-0.2, 0) is 0 Å². The Labute approximate surface area is 135 Å². The molecule has 0 aromatic heterocycles. The number of para-hydroxylation sites is 1. The van der Waals surface area contributed by atoms with Gasteiger partial charge in [-0.2, -0.15) is 0 Å². The molecule has 5 heteroatoms. The molecule has 2 rings (SSSR count). The van der Waals surface area contributed by atoms with E-state index >= 15 is 0 Å². The summed E-state index contributed by atoms with van der Waals surface area (Å²) in [5, 5.41) is 3.35. The van der Waals surface area contributed by atoms with E-state index in [9.17, 15) is 4.79 Å². The number of amides is 1. The quantitative estimate of drug-likeness (QED) is 0.829. The highest BCUT2D eigenvalue weighted by atomic mass is 35.5. The number of aryl methyl sites for hydroxylation is 1.